The highest BCUT2D eigenvalue weighted by Crippen LogP contribution is 2.27. The summed E-state index contributed by atoms with van der Waals surface area (Å²) in [5, 5.41) is 15.1. The Morgan fingerprint density at radius 2 is 1.78 bits per heavy atom. The summed E-state index contributed by atoms with van der Waals surface area (Å²) in [6.45, 7) is 6.55. The lowest BCUT2D eigenvalue weighted by molar-refractivity contribution is 0.251. The van der Waals surface area contributed by atoms with Crippen LogP contribution in [0.3, 0.4) is 0 Å². The van der Waals surface area contributed by atoms with Gasteiger partial charge in [0.05, 0.1) is 6.61 Å². The van der Waals surface area contributed by atoms with Gasteiger partial charge in [-0.25, -0.2) is 4.79 Å². The highest BCUT2D eigenvalue weighted by atomic mass is 16.3. The molecule has 0 aliphatic rings. The Morgan fingerprint density at radius 3 is 2.43 bits per heavy atom. The van der Waals surface area contributed by atoms with E-state index >= 15 is 0 Å². The van der Waals surface area contributed by atoms with E-state index in [0.29, 0.717) is 12.5 Å². The van der Waals surface area contributed by atoms with E-state index in [1.165, 1.54) is 0 Å². The Labute approximate surface area is 137 Å². The second-order valence-corrected chi connectivity index (χ2v) is 5.93. The van der Waals surface area contributed by atoms with Gasteiger partial charge in [-0.05, 0) is 35.1 Å². The monoisotopic (exact) mass is 312 g/mol. The molecular formula is C19H24N2O2. The van der Waals surface area contributed by atoms with Gasteiger partial charge in [0.15, 0.2) is 0 Å². The molecule has 0 spiro atoms. The summed E-state index contributed by atoms with van der Waals surface area (Å²) in [5.74, 6) is 0.334. The zero-order valence-electron chi connectivity index (χ0n) is 13.9. The van der Waals surface area contributed by atoms with Crippen molar-refractivity contribution in [3.8, 4) is 0 Å². The van der Waals surface area contributed by atoms with Gasteiger partial charge in [-0.15, -0.1) is 0 Å². The van der Waals surface area contributed by atoms with Crippen molar-refractivity contribution in [1.82, 2.24) is 5.32 Å². The Morgan fingerprint density at radius 1 is 1.09 bits per heavy atom. The number of carbonyl (C=O) groups is 1. The summed E-state index contributed by atoms with van der Waals surface area (Å²) in [6.07, 6.45) is 0. The number of rotatable bonds is 5. The summed E-state index contributed by atoms with van der Waals surface area (Å²) in [4.78, 5) is 12.2. The third-order valence-electron chi connectivity index (χ3n) is 3.89. The molecule has 0 aliphatic heterocycles. The second kappa shape index (κ2) is 7.79. The molecular weight excluding hydrogens is 288 g/mol. The van der Waals surface area contributed by atoms with Gasteiger partial charge in [-0.1, -0.05) is 56.3 Å². The summed E-state index contributed by atoms with van der Waals surface area (Å²) >= 11 is 0. The highest BCUT2D eigenvalue weighted by molar-refractivity contribution is 5.91. The number of amides is 2. The van der Waals surface area contributed by atoms with Crippen LogP contribution in [0, 0.1) is 6.92 Å². The predicted molar refractivity (Wildman–Crippen MR) is 93.5 cm³/mol. The van der Waals surface area contributed by atoms with E-state index in [2.05, 4.69) is 24.5 Å². The van der Waals surface area contributed by atoms with Gasteiger partial charge in [-0.2, -0.15) is 0 Å². The van der Waals surface area contributed by atoms with Gasteiger partial charge in [-0.3, -0.25) is 0 Å². The second-order valence-electron chi connectivity index (χ2n) is 5.93. The van der Waals surface area contributed by atoms with Gasteiger partial charge in [0.25, 0.3) is 0 Å². The molecule has 0 unspecified atom stereocenters. The van der Waals surface area contributed by atoms with Crippen LogP contribution < -0.4 is 10.6 Å². The molecule has 0 heterocycles. The van der Waals surface area contributed by atoms with E-state index in [-0.39, 0.29) is 12.6 Å². The number of urea groups is 1. The van der Waals surface area contributed by atoms with E-state index < -0.39 is 0 Å². The minimum Gasteiger partial charge on any atom is -0.392 e. The lowest BCUT2D eigenvalue weighted by Gasteiger charge is -2.17. The first kappa shape index (κ1) is 17.0. The number of aliphatic hydroxyl groups is 1. The average Bonchev–Trinajstić information content (AvgIpc) is 2.54. The molecule has 0 bridgehead atoms. The van der Waals surface area contributed by atoms with Crippen LogP contribution in [0.4, 0.5) is 10.5 Å². The quantitative estimate of drug-likeness (QED) is 0.783. The largest absolute Gasteiger partial charge is 0.392 e. The molecule has 0 atom stereocenters. The number of para-hydroxylation sites is 1. The van der Waals surface area contributed by atoms with E-state index in [4.69, 9.17) is 0 Å². The topological polar surface area (TPSA) is 61.4 Å². The van der Waals surface area contributed by atoms with Crippen molar-refractivity contribution in [2.45, 2.75) is 39.8 Å². The molecule has 2 rings (SSSR count). The number of aliphatic hydroxyl groups excluding tert-OH is 1. The van der Waals surface area contributed by atoms with Crippen molar-refractivity contribution in [3.05, 3.63) is 64.7 Å². The Bertz CT molecular complexity index is 681. The maximum Gasteiger partial charge on any atom is 0.319 e. The Hall–Kier alpha value is -2.33. The van der Waals surface area contributed by atoms with Crippen molar-refractivity contribution >= 4 is 11.7 Å². The van der Waals surface area contributed by atoms with Crippen LogP contribution in [0.25, 0.3) is 0 Å². The molecule has 3 N–H and O–H groups in total. The molecule has 2 aromatic rings. The highest BCUT2D eigenvalue weighted by Gasteiger charge is 2.12. The third kappa shape index (κ3) is 4.33. The normalized spacial score (nSPS) is 10.7. The van der Waals surface area contributed by atoms with Crippen molar-refractivity contribution in [3.63, 3.8) is 0 Å². The molecule has 0 saturated heterocycles. The summed E-state index contributed by atoms with van der Waals surface area (Å²) in [6, 6.07) is 13.3. The van der Waals surface area contributed by atoms with Crippen LogP contribution in [0.5, 0.6) is 0 Å². The lowest BCUT2D eigenvalue weighted by Crippen LogP contribution is -2.29. The number of nitrogens with one attached hydrogen (secondary N) is 2. The van der Waals surface area contributed by atoms with Crippen LogP contribution in [0.15, 0.2) is 42.5 Å². The SMILES string of the molecule is Cc1cccc(C(C)C)c1NC(=O)NCc1ccccc1CO. The van der Waals surface area contributed by atoms with Crippen LogP contribution >= 0.6 is 0 Å². The standard InChI is InChI=1S/C19H24N2O2/c1-13(2)17-10-6-7-14(3)18(17)21-19(23)20-11-15-8-4-5-9-16(15)12-22/h4-10,13,22H,11-12H2,1-3H3,(H2,20,21,23). The first-order valence-electron chi connectivity index (χ1n) is 7.85. The average molecular weight is 312 g/mol. The van der Waals surface area contributed by atoms with Crippen LogP contribution in [-0.4, -0.2) is 11.1 Å². The first-order valence-corrected chi connectivity index (χ1v) is 7.85. The number of benzene rings is 2. The van der Waals surface area contributed by atoms with Crippen LogP contribution in [0.2, 0.25) is 0 Å². The van der Waals surface area contributed by atoms with Gasteiger partial charge in [0, 0.05) is 12.2 Å². The molecule has 0 aliphatic carbocycles. The Kier molecular flexibility index (Phi) is 5.77. The summed E-state index contributed by atoms with van der Waals surface area (Å²) in [5.41, 5.74) is 4.78. The molecule has 2 aromatic carbocycles. The summed E-state index contributed by atoms with van der Waals surface area (Å²) < 4.78 is 0. The van der Waals surface area contributed by atoms with E-state index in [1.54, 1.807) is 0 Å². The number of anilines is 1. The third-order valence-corrected chi connectivity index (χ3v) is 3.89. The molecule has 0 fully saturated rings. The molecule has 0 radical (unpaired) electrons. The van der Waals surface area contributed by atoms with Crippen molar-refractivity contribution in [1.29, 1.82) is 0 Å². The zero-order chi connectivity index (χ0) is 16.8. The smallest absolute Gasteiger partial charge is 0.319 e. The minimum absolute atomic E-state index is 0.0330. The van der Waals surface area contributed by atoms with E-state index in [0.717, 1.165) is 27.9 Å². The maximum atomic E-state index is 12.2. The fourth-order valence-electron chi connectivity index (χ4n) is 2.56. The van der Waals surface area contributed by atoms with E-state index in [9.17, 15) is 9.90 Å². The van der Waals surface area contributed by atoms with Crippen molar-refractivity contribution < 1.29 is 9.90 Å². The van der Waals surface area contributed by atoms with Crippen molar-refractivity contribution in [2.75, 3.05) is 5.32 Å². The minimum atomic E-state index is -0.242. The number of carbonyl (C=O) groups excluding carboxylic acids is 1. The molecule has 122 valence electrons. The van der Waals surface area contributed by atoms with Gasteiger partial charge in [0.1, 0.15) is 0 Å². The summed E-state index contributed by atoms with van der Waals surface area (Å²) in [7, 11) is 0. The molecule has 2 amide bonds. The molecule has 23 heavy (non-hydrogen) atoms. The first-order chi connectivity index (χ1) is 11.0. The molecule has 0 saturated carbocycles. The van der Waals surface area contributed by atoms with E-state index in [1.807, 2.05) is 49.4 Å². The number of hydrogen-bond donors (Lipinski definition) is 3. The predicted octanol–water partition coefficient (Wildman–Crippen LogP) is 3.93. The van der Waals surface area contributed by atoms with Gasteiger partial charge >= 0.3 is 6.03 Å². The van der Waals surface area contributed by atoms with Crippen molar-refractivity contribution in [2.24, 2.45) is 0 Å². The lowest BCUT2D eigenvalue weighted by atomic mass is 9.98. The molecule has 4 heteroatoms. The van der Waals surface area contributed by atoms with Gasteiger partial charge < -0.3 is 15.7 Å². The number of hydrogen-bond acceptors (Lipinski definition) is 2. The van der Waals surface area contributed by atoms with Gasteiger partial charge in [0.2, 0.25) is 0 Å². The molecule has 0 aromatic heterocycles. The zero-order valence-corrected chi connectivity index (χ0v) is 13.9. The van der Waals surface area contributed by atoms with Crippen LogP contribution in [-0.2, 0) is 13.2 Å². The fraction of sp³-hybridized carbons (Fsp3) is 0.316. The number of aryl methyl sites for hydroxylation is 1. The Balaban J connectivity index is 2.06. The maximum absolute atomic E-state index is 12.2. The van der Waals surface area contributed by atoms with Crippen LogP contribution in [0.1, 0.15) is 42.0 Å². The fourth-order valence-corrected chi connectivity index (χ4v) is 2.56. The molecule has 4 nitrogen and oxygen atoms in total.